The summed E-state index contributed by atoms with van der Waals surface area (Å²) in [5, 5.41) is 15.1. The molecule has 0 bridgehead atoms. The number of hydrogen-bond donors (Lipinski definition) is 1. The first-order chi connectivity index (χ1) is 11.3. The number of carbonyl (C=O) groups excluding carboxylic acids is 1. The van der Waals surface area contributed by atoms with Crippen LogP contribution < -0.4 is 5.32 Å². The molecule has 1 amide bonds. The van der Waals surface area contributed by atoms with Gasteiger partial charge in [0, 0.05) is 18.3 Å². The molecule has 0 spiro atoms. The van der Waals surface area contributed by atoms with Crippen LogP contribution in [0, 0.1) is 0 Å². The normalized spacial score (nSPS) is 13.9. The maximum Gasteiger partial charge on any atom is 0.248 e. The standard InChI is InChI=1S/C16H16N6O/c23-15(11-22-19-16(18-20-22)12-7-8-12)17-13-5-1-2-6-14(13)21-9-3-4-10-21/h1-6,9-10,12H,7-8,11H2,(H,17,23). The molecule has 1 aliphatic carbocycles. The molecule has 1 aromatic carbocycles. The van der Waals surface area contributed by atoms with E-state index in [4.69, 9.17) is 0 Å². The van der Waals surface area contributed by atoms with Crippen molar-refractivity contribution in [2.75, 3.05) is 5.32 Å². The number of nitrogens with one attached hydrogen (secondary N) is 1. The zero-order valence-corrected chi connectivity index (χ0v) is 12.5. The van der Waals surface area contributed by atoms with Crippen molar-refractivity contribution in [2.45, 2.75) is 25.3 Å². The van der Waals surface area contributed by atoms with Gasteiger partial charge in [-0.1, -0.05) is 12.1 Å². The maximum absolute atomic E-state index is 12.2. The fourth-order valence-corrected chi connectivity index (χ4v) is 2.45. The molecule has 2 heterocycles. The van der Waals surface area contributed by atoms with Crippen LogP contribution in [-0.4, -0.2) is 30.7 Å². The Morgan fingerprint density at radius 1 is 1.17 bits per heavy atom. The van der Waals surface area contributed by atoms with Crippen LogP contribution in [0.4, 0.5) is 5.69 Å². The average Bonchev–Trinajstić information content (AvgIpc) is 3.07. The third kappa shape index (κ3) is 2.98. The van der Waals surface area contributed by atoms with Gasteiger partial charge in [-0.3, -0.25) is 4.79 Å². The molecular weight excluding hydrogens is 292 g/mol. The second kappa shape index (κ2) is 5.68. The number of hydrogen-bond acceptors (Lipinski definition) is 4. The monoisotopic (exact) mass is 308 g/mol. The van der Waals surface area contributed by atoms with E-state index in [0.29, 0.717) is 5.92 Å². The highest BCUT2D eigenvalue weighted by molar-refractivity contribution is 5.92. The van der Waals surface area contributed by atoms with Crippen molar-refractivity contribution in [2.24, 2.45) is 0 Å². The first-order valence-electron chi connectivity index (χ1n) is 7.59. The van der Waals surface area contributed by atoms with E-state index in [1.54, 1.807) is 0 Å². The van der Waals surface area contributed by atoms with E-state index in [0.717, 1.165) is 30.0 Å². The lowest BCUT2D eigenvalue weighted by atomic mass is 10.2. The van der Waals surface area contributed by atoms with Gasteiger partial charge >= 0.3 is 0 Å². The molecule has 1 fully saturated rings. The largest absolute Gasteiger partial charge is 0.323 e. The van der Waals surface area contributed by atoms with Crippen LogP contribution in [0.3, 0.4) is 0 Å². The summed E-state index contributed by atoms with van der Waals surface area (Å²) in [5.74, 6) is 0.996. The summed E-state index contributed by atoms with van der Waals surface area (Å²) in [5.41, 5.74) is 1.66. The Kier molecular flexibility index (Phi) is 3.38. The number of rotatable bonds is 5. The maximum atomic E-state index is 12.2. The molecule has 23 heavy (non-hydrogen) atoms. The fourth-order valence-electron chi connectivity index (χ4n) is 2.45. The van der Waals surface area contributed by atoms with Crippen LogP contribution in [0.2, 0.25) is 0 Å². The Morgan fingerprint density at radius 2 is 1.96 bits per heavy atom. The van der Waals surface area contributed by atoms with Gasteiger partial charge in [0.15, 0.2) is 5.82 Å². The molecule has 4 rings (SSSR count). The van der Waals surface area contributed by atoms with Gasteiger partial charge in [-0.25, -0.2) is 0 Å². The predicted octanol–water partition coefficient (Wildman–Crippen LogP) is 1.98. The zero-order valence-electron chi connectivity index (χ0n) is 12.5. The van der Waals surface area contributed by atoms with Crippen molar-refractivity contribution >= 4 is 11.6 Å². The number of nitrogens with zero attached hydrogens (tertiary/aromatic N) is 5. The molecule has 7 nitrogen and oxygen atoms in total. The second-order valence-corrected chi connectivity index (χ2v) is 5.61. The van der Waals surface area contributed by atoms with E-state index in [-0.39, 0.29) is 12.5 Å². The topological polar surface area (TPSA) is 77.6 Å². The molecule has 0 unspecified atom stereocenters. The highest BCUT2D eigenvalue weighted by atomic mass is 16.2. The SMILES string of the molecule is O=C(Cn1nnc(C2CC2)n1)Nc1ccccc1-n1cccc1. The van der Waals surface area contributed by atoms with Gasteiger partial charge in [0.05, 0.1) is 11.4 Å². The molecule has 116 valence electrons. The summed E-state index contributed by atoms with van der Waals surface area (Å²) < 4.78 is 1.95. The third-order valence-corrected chi connectivity index (χ3v) is 3.76. The van der Waals surface area contributed by atoms with Gasteiger partial charge in [0.1, 0.15) is 6.54 Å². The molecule has 0 saturated heterocycles. The van der Waals surface area contributed by atoms with E-state index in [1.165, 1.54) is 4.80 Å². The second-order valence-electron chi connectivity index (χ2n) is 5.61. The number of carbonyl (C=O) groups is 1. The number of anilines is 1. The van der Waals surface area contributed by atoms with E-state index in [2.05, 4.69) is 20.7 Å². The Labute approximate surface area is 132 Å². The molecule has 1 aliphatic rings. The molecule has 1 N–H and O–H groups in total. The van der Waals surface area contributed by atoms with E-state index in [1.807, 2.05) is 53.4 Å². The predicted molar refractivity (Wildman–Crippen MR) is 84.2 cm³/mol. The van der Waals surface area contributed by atoms with Crippen LogP contribution in [0.25, 0.3) is 5.69 Å². The average molecular weight is 308 g/mol. The van der Waals surface area contributed by atoms with Crippen molar-refractivity contribution in [1.82, 2.24) is 24.8 Å². The van der Waals surface area contributed by atoms with Gasteiger partial charge in [-0.05, 0) is 42.3 Å². The fraction of sp³-hybridized carbons (Fsp3) is 0.250. The zero-order chi connectivity index (χ0) is 15.6. The van der Waals surface area contributed by atoms with Crippen LogP contribution >= 0.6 is 0 Å². The van der Waals surface area contributed by atoms with E-state index < -0.39 is 0 Å². The van der Waals surface area contributed by atoms with Gasteiger partial charge in [0.25, 0.3) is 0 Å². The Hall–Kier alpha value is -2.96. The summed E-state index contributed by atoms with van der Waals surface area (Å²) in [4.78, 5) is 13.6. The lowest BCUT2D eigenvalue weighted by Gasteiger charge is -2.11. The summed E-state index contributed by atoms with van der Waals surface area (Å²) in [7, 11) is 0. The molecule has 0 aliphatic heterocycles. The lowest BCUT2D eigenvalue weighted by Crippen LogP contribution is -2.21. The van der Waals surface area contributed by atoms with Crippen molar-refractivity contribution in [3.8, 4) is 5.69 Å². The van der Waals surface area contributed by atoms with E-state index in [9.17, 15) is 4.79 Å². The summed E-state index contributed by atoms with van der Waals surface area (Å²) in [6, 6.07) is 11.5. The van der Waals surface area contributed by atoms with Crippen molar-refractivity contribution in [3.63, 3.8) is 0 Å². The van der Waals surface area contributed by atoms with Crippen molar-refractivity contribution in [1.29, 1.82) is 0 Å². The molecule has 7 heteroatoms. The number of para-hydroxylation sites is 2. The molecule has 0 atom stereocenters. The summed E-state index contributed by atoms with van der Waals surface area (Å²) in [6.45, 7) is 0.0553. The number of aromatic nitrogens is 5. The van der Waals surface area contributed by atoms with Crippen molar-refractivity contribution < 1.29 is 4.79 Å². The van der Waals surface area contributed by atoms with Crippen molar-refractivity contribution in [3.05, 3.63) is 54.6 Å². The molecule has 3 aromatic rings. The van der Waals surface area contributed by atoms with Crippen LogP contribution in [0.5, 0.6) is 0 Å². The first kappa shape index (κ1) is 13.7. The van der Waals surface area contributed by atoms with Crippen LogP contribution in [0.15, 0.2) is 48.8 Å². The Balaban J connectivity index is 1.48. The first-order valence-corrected chi connectivity index (χ1v) is 7.59. The Bertz CT molecular complexity index is 819. The molecule has 0 radical (unpaired) electrons. The van der Waals surface area contributed by atoms with Gasteiger partial charge < -0.3 is 9.88 Å². The number of tetrazole rings is 1. The van der Waals surface area contributed by atoms with Crippen LogP contribution in [-0.2, 0) is 11.3 Å². The Morgan fingerprint density at radius 3 is 2.74 bits per heavy atom. The quantitative estimate of drug-likeness (QED) is 0.782. The van der Waals surface area contributed by atoms with E-state index >= 15 is 0 Å². The van der Waals surface area contributed by atoms with Gasteiger partial charge in [-0.15, -0.1) is 10.2 Å². The third-order valence-electron chi connectivity index (χ3n) is 3.76. The minimum Gasteiger partial charge on any atom is -0.323 e. The number of amides is 1. The summed E-state index contributed by atoms with van der Waals surface area (Å²) >= 11 is 0. The highest BCUT2D eigenvalue weighted by Gasteiger charge is 2.28. The lowest BCUT2D eigenvalue weighted by molar-refractivity contribution is -0.117. The van der Waals surface area contributed by atoms with Gasteiger partial charge in [0.2, 0.25) is 5.91 Å². The molecular formula is C16H16N6O. The smallest absolute Gasteiger partial charge is 0.248 e. The van der Waals surface area contributed by atoms with Gasteiger partial charge in [-0.2, -0.15) is 4.80 Å². The minimum atomic E-state index is -0.177. The van der Waals surface area contributed by atoms with Crippen LogP contribution in [0.1, 0.15) is 24.6 Å². The highest BCUT2D eigenvalue weighted by Crippen LogP contribution is 2.37. The molecule has 1 saturated carbocycles. The minimum absolute atomic E-state index is 0.0553. The number of benzene rings is 1. The summed E-state index contributed by atoms with van der Waals surface area (Å²) in [6.07, 6.45) is 6.10. The molecule has 2 aromatic heterocycles.